The number of rotatable bonds is 5. The van der Waals surface area contributed by atoms with E-state index in [2.05, 4.69) is 71.4 Å². The summed E-state index contributed by atoms with van der Waals surface area (Å²) in [5, 5.41) is 19.2. The summed E-state index contributed by atoms with van der Waals surface area (Å²) >= 11 is 0. The third-order valence-electron chi connectivity index (χ3n) is 5.87. The normalized spacial score (nSPS) is 12.6. The zero-order valence-electron chi connectivity index (χ0n) is 19.4. The molecule has 0 aliphatic carbocycles. The summed E-state index contributed by atoms with van der Waals surface area (Å²) in [5.41, 5.74) is 5.38. The van der Waals surface area contributed by atoms with Gasteiger partial charge in [0.15, 0.2) is 17.1 Å². The predicted molar refractivity (Wildman–Crippen MR) is 125 cm³/mol. The van der Waals surface area contributed by atoms with Gasteiger partial charge >= 0.3 is 0 Å². The summed E-state index contributed by atoms with van der Waals surface area (Å²) in [6, 6.07) is 4.20. The molecule has 4 rings (SSSR count). The molecule has 8 nitrogen and oxygen atoms in total. The quantitative estimate of drug-likeness (QED) is 0.537. The molecule has 0 amide bonds. The van der Waals surface area contributed by atoms with Crippen LogP contribution in [0.1, 0.15) is 36.5 Å². The molecule has 0 aliphatic heterocycles. The molecule has 162 valence electrons. The first-order valence-electron chi connectivity index (χ1n) is 10.6. The van der Waals surface area contributed by atoms with E-state index in [1.54, 1.807) is 0 Å². The largest absolute Gasteiger partial charge is 0.354 e. The minimum Gasteiger partial charge on any atom is -0.354 e. The first-order chi connectivity index (χ1) is 14.8. The van der Waals surface area contributed by atoms with E-state index >= 15 is 0 Å². The zero-order valence-corrected chi connectivity index (χ0v) is 19.4. The predicted octanol–water partition coefficient (Wildman–Crippen LogP) is 3.10. The van der Waals surface area contributed by atoms with E-state index in [9.17, 15) is 0 Å². The second-order valence-electron chi connectivity index (χ2n) is 8.02. The maximum Gasteiger partial charge on any atom is 0.203 e. The van der Waals surface area contributed by atoms with Gasteiger partial charge in [0, 0.05) is 25.4 Å². The lowest BCUT2D eigenvalue weighted by Crippen LogP contribution is -2.23. The van der Waals surface area contributed by atoms with Gasteiger partial charge in [0.1, 0.15) is 11.5 Å². The molecule has 0 saturated carbocycles. The van der Waals surface area contributed by atoms with Gasteiger partial charge in [-0.05, 0) is 52.3 Å². The molecular formula is C23H30N8. The molecule has 0 fully saturated rings. The summed E-state index contributed by atoms with van der Waals surface area (Å²) in [6.45, 7) is 18.4. The Morgan fingerprint density at radius 3 is 2.42 bits per heavy atom. The van der Waals surface area contributed by atoms with Crippen molar-refractivity contribution in [2.24, 2.45) is 7.05 Å². The van der Waals surface area contributed by atoms with Crippen LogP contribution in [0.5, 0.6) is 0 Å². The van der Waals surface area contributed by atoms with Gasteiger partial charge in [-0.2, -0.15) is 9.61 Å². The number of anilines is 3. The maximum absolute atomic E-state index is 4.78. The van der Waals surface area contributed by atoms with Crippen molar-refractivity contribution in [1.29, 1.82) is 0 Å². The molecule has 8 heteroatoms. The zero-order chi connectivity index (χ0) is 22.4. The van der Waals surface area contributed by atoms with Crippen LogP contribution in [-0.4, -0.2) is 42.5 Å². The maximum atomic E-state index is 4.78. The fourth-order valence-electron chi connectivity index (χ4n) is 4.16. The Morgan fingerprint density at radius 1 is 1.06 bits per heavy atom. The Balaban J connectivity index is 1.94. The number of aromatic nitrogens is 6. The number of fused-ring (bicyclic) bond motifs is 1. The van der Waals surface area contributed by atoms with Gasteiger partial charge in [-0.3, -0.25) is 0 Å². The highest BCUT2D eigenvalue weighted by Crippen LogP contribution is 2.31. The molecule has 0 radical (unpaired) electrons. The first-order valence-corrected chi connectivity index (χ1v) is 10.6. The third-order valence-corrected chi connectivity index (χ3v) is 5.87. The SMILES string of the molecule is C=c1cc(C)cc(C)/c1=c1/nnc2c(Nc3c(N(CC)CC)nc(C)n3C)c(C)nn12. The van der Waals surface area contributed by atoms with Gasteiger partial charge in [0.25, 0.3) is 0 Å². The minimum atomic E-state index is 0.691. The smallest absolute Gasteiger partial charge is 0.203 e. The van der Waals surface area contributed by atoms with Gasteiger partial charge < -0.3 is 14.8 Å². The number of nitrogens with zero attached hydrogens (tertiary/aromatic N) is 7. The average Bonchev–Trinajstić information content (AvgIpc) is 3.32. The summed E-state index contributed by atoms with van der Waals surface area (Å²) in [5.74, 6) is 2.79. The van der Waals surface area contributed by atoms with Gasteiger partial charge in [-0.1, -0.05) is 24.3 Å². The lowest BCUT2D eigenvalue weighted by molar-refractivity contribution is 0.850. The molecule has 0 aliphatic rings. The van der Waals surface area contributed by atoms with Gasteiger partial charge in [0.2, 0.25) is 5.65 Å². The Kier molecular flexibility index (Phi) is 5.16. The van der Waals surface area contributed by atoms with Crippen LogP contribution in [-0.2, 0) is 7.05 Å². The van der Waals surface area contributed by atoms with Crippen LogP contribution in [0.4, 0.5) is 17.3 Å². The van der Waals surface area contributed by atoms with E-state index in [0.29, 0.717) is 11.1 Å². The van der Waals surface area contributed by atoms with Gasteiger partial charge in [-0.25, -0.2) is 4.98 Å². The lowest BCUT2D eigenvalue weighted by Gasteiger charge is -2.20. The number of imidazole rings is 1. The van der Waals surface area contributed by atoms with Crippen LogP contribution in [0, 0.1) is 38.4 Å². The van der Waals surface area contributed by atoms with Gasteiger partial charge in [0.05, 0.1) is 5.69 Å². The van der Waals surface area contributed by atoms with Crippen molar-refractivity contribution in [2.45, 2.75) is 41.5 Å². The Hall–Kier alpha value is -3.42. The molecule has 1 aromatic carbocycles. The van der Waals surface area contributed by atoms with Crippen LogP contribution in [0.2, 0.25) is 0 Å². The van der Waals surface area contributed by atoms with E-state index < -0.39 is 0 Å². The molecule has 1 N–H and O–H groups in total. The molecule has 0 unspecified atom stereocenters. The fourth-order valence-corrected chi connectivity index (χ4v) is 4.16. The van der Waals surface area contributed by atoms with Crippen molar-refractivity contribution in [1.82, 2.24) is 29.4 Å². The Bertz CT molecular complexity index is 1410. The third kappa shape index (κ3) is 3.32. The van der Waals surface area contributed by atoms with E-state index in [0.717, 1.165) is 57.9 Å². The van der Waals surface area contributed by atoms with Crippen molar-refractivity contribution in [3.05, 3.63) is 50.7 Å². The van der Waals surface area contributed by atoms with Crippen LogP contribution in [0.3, 0.4) is 0 Å². The van der Waals surface area contributed by atoms with Crippen molar-refractivity contribution in [3.63, 3.8) is 0 Å². The number of hydrogen-bond acceptors (Lipinski definition) is 6. The van der Waals surface area contributed by atoms with Crippen molar-refractivity contribution in [2.75, 3.05) is 23.3 Å². The van der Waals surface area contributed by atoms with E-state index in [4.69, 9.17) is 10.1 Å². The molecule has 3 aromatic heterocycles. The van der Waals surface area contributed by atoms with Crippen molar-refractivity contribution >= 4 is 29.5 Å². The molecule has 0 atom stereocenters. The van der Waals surface area contributed by atoms with Gasteiger partial charge in [-0.15, -0.1) is 10.2 Å². The summed E-state index contributed by atoms with van der Waals surface area (Å²) in [4.78, 5) is 7.02. The molecule has 31 heavy (non-hydrogen) atoms. The van der Waals surface area contributed by atoms with E-state index in [1.807, 2.05) is 25.4 Å². The van der Waals surface area contributed by atoms with Crippen molar-refractivity contribution < 1.29 is 0 Å². The second-order valence-corrected chi connectivity index (χ2v) is 8.02. The highest BCUT2D eigenvalue weighted by molar-refractivity contribution is 5.79. The Labute approximate surface area is 181 Å². The lowest BCUT2D eigenvalue weighted by atomic mass is 10.1. The summed E-state index contributed by atoms with van der Waals surface area (Å²) in [7, 11) is 2.01. The van der Waals surface area contributed by atoms with Crippen molar-refractivity contribution in [3.8, 4) is 0 Å². The summed E-state index contributed by atoms with van der Waals surface area (Å²) in [6.07, 6.45) is 0. The van der Waals surface area contributed by atoms with E-state index in [1.165, 1.54) is 5.56 Å². The molecule has 0 bridgehead atoms. The van der Waals surface area contributed by atoms with Crippen LogP contribution >= 0.6 is 0 Å². The minimum absolute atomic E-state index is 0.691. The summed E-state index contributed by atoms with van der Waals surface area (Å²) < 4.78 is 3.87. The number of aryl methyl sites for hydroxylation is 4. The van der Waals surface area contributed by atoms with Crippen LogP contribution < -0.4 is 15.4 Å². The first kappa shape index (κ1) is 20.8. The molecule has 3 heterocycles. The number of nitrogens with one attached hydrogen (secondary N) is 1. The topological polar surface area (TPSA) is 76.2 Å². The highest BCUT2D eigenvalue weighted by Gasteiger charge is 2.21. The highest BCUT2D eigenvalue weighted by atomic mass is 15.4. The Morgan fingerprint density at radius 2 is 1.77 bits per heavy atom. The second kappa shape index (κ2) is 7.68. The standard InChI is InChI=1S/C23H30N8/c1-9-30(10-2)23-22(29(8)17(7)24-23)25-19-16(6)28-31-20(26-27-21(19)31)18-14(4)11-13(3)12-15(18)5/h11-12,25H,4,9-10H2,1-3,5-8H3/b20-18-. The number of hydrogen-bond donors (Lipinski definition) is 1. The average molecular weight is 419 g/mol. The fraction of sp³-hybridized carbons (Fsp3) is 0.391. The molecule has 0 saturated heterocycles. The molecule has 4 aromatic rings. The van der Waals surface area contributed by atoms with Crippen LogP contribution in [0.15, 0.2) is 12.1 Å². The number of benzene rings is 1. The van der Waals surface area contributed by atoms with Crippen LogP contribution in [0.25, 0.3) is 12.2 Å². The monoisotopic (exact) mass is 418 g/mol. The van der Waals surface area contributed by atoms with E-state index in [-0.39, 0.29) is 0 Å². The molecular weight excluding hydrogens is 388 g/mol. The molecule has 0 spiro atoms.